The van der Waals surface area contributed by atoms with Crippen molar-refractivity contribution in [1.29, 1.82) is 0 Å². The quantitative estimate of drug-likeness (QED) is 0.656. The summed E-state index contributed by atoms with van der Waals surface area (Å²) in [6, 6.07) is 13.4. The van der Waals surface area contributed by atoms with Crippen LogP contribution in [-0.2, 0) is 0 Å². The van der Waals surface area contributed by atoms with Gasteiger partial charge >= 0.3 is 0 Å². The second-order valence-corrected chi connectivity index (χ2v) is 5.27. The molecule has 0 aromatic heterocycles. The third kappa shape index (κ3) is 1.77. The molecule has 2 atom stereocenters. The Morgan fingerprint density at radius 3 is 2.33 bits per heavy atom. The lowest BCUT2D eigenvalue weighted by Gasteiger charge is -2.28. The van der Waals surface area contributed by atoms with Crippen molar-refractivity contribution in [3.8, 4) is 0 Å². The van der Waals surface area contributed by atoms with Crippen LogP contribution in [-0.4, -0.2) is 0 Å². The first-order chi connectivity index (χ1) is 8.83. The lowest BCUT2D eigenvalue weighted by molar-refractivity contribution is 0.476. The number of allylic oxidation sites excluding steroid dienone is 1. The van der Waals surface area contributed by atoms with E-state index in [0.717, 1.165) is 0 Å². The van der Waals surface area contributed by atoms with Crippen molar-refractivity contribution < 1.29 is 0 Å². The van der Waals surface area contributed by atoms with Crippen molar-refractivity contribution >= 4 is 16.8 Å². The van der Waals surface area contributed by atoms with E-state index in [1.807, 2.05) is 0 Å². The standard InChI is InChI=1S/C18H20/c1-3-13-9-10-16-11-14-7-5-6-8-15(14)12-18(16)17(13)4-2/h5-13,17H,3-4H2,1-2H3/t13-,17+/m1/s1. The van der Waals surface area contributed by atoms with Gasteiger partial charge in [-0.3, -0.25) is 0 Å². The minimum absolute atomic E-state index is 0.694. The van der Waals surface area contributed by atoms with Crippen molar-refractivity contribution in [3.63, 3.8) is 0 Å². The average Bonchev–Trinajstić information content (AvgIpc) is 2.43. The molecular formula is C18H20. The highest BCUT2D eigenvalue weighted by Crippen LogP contribution is 2.39. The summed E-state index contributed by atoms with van der Waals surface area (Å²) in [5, 5.41) is 2.73. The van der Waals surface area contributed by atoms with E-state index in [1.54, 1.807) is 5.56 Å². The van der Waals surface area contributed by atoms with Gasteiger partial charge in [-0.05, 0) is 52.6 Å². The Balaban J connectivity index is 2.19. The molecule has 1 aliphatic rings. The molecule has 0 nitrogen and oxygen atoms in total. The van der Waals surface area contributed by atoms with Gasteiger partial charge in [-0.2, -0.15) is 0 Å². The van der Waals surface area contributed by atoms with Crippen molar-refractivity contribution in [2.45, 2.75) is 32.6 Å². The Morgan fingerprint density at radius 2 is 1.67 bits per heavy atom. The summed E-state index contributed by atoms with van der Waals surface area (Å²) in [7, 11) is 0. The first-order valence-corrected chi connectivity index (χ1v) is 7.04. The fourth-order valence-corrected chi connectivity index (χ4v) is 3.28. The smallest absolute Gasteiger partial charge is 0.00955 e. The van der Waals surface area contributed by atoms with Gasteiger partial charge in [-0.1, -0.05) is 56.3 Å². The molecule has 0 fully saturated rings. The summed E-state index contributed by atoms with van der Waals surface area (Å²) >= 11 is 0. The molecule has 2 aromatic carbocycles. The Morgan fingerprint density at radius 1 is 0.944 bits per heavy atom. The van der Waals surface area contributed by atoms with Crippen LogP contribution in [0.3, 0.4) is 0 Å². The molecule has 0 spiro atoms. The van der Waals surface area contributed by atoms with Crippen LogP contribution in [0, 0.1) is 5.92 Å². The van der Waals surface area contributed by atoms with Gasteiger partial charge in [0.2, 0.25) is 0 Å². The molecule has 0 heteroatoms. The molecule has 0 aliphatic heterocycles. The van der Waals surface area contributed by atoms with Gasteiger partial charge in [0.15, 0.2) is 0 Å². The predicted octanol–water partition coefficient (Wildman–Crippen LogP) is 5.39. The fourth-order valence-electron chi connectivity index (χ4n) is 3.28. The summed E-state index contributed by atoms with van der Waals surface area (Å²) in [5.41, 5.74) is 2.97. The Kier molecular flexibility index (Phi) is 2.95. The number of hydrogen-bond acceptors (Lipinski definition) is 0. The minimum Gasteiger partial charge on any atom is -0.0802 e. The zero-order chi connectivity index (χ0) is 12.5. The summed E-state index contributed by atoms with van der Waals surface area (Å²) in [4.78, 5) is 0. The Bertz CT molecular complexity index is 592. The van der Waals surface area contributed by atoms with Crippen LogP contribution in [0.25, 0.3) is 16.8 Å². The summed E-state index contributed by atoms with van der Waals surface area (Å²) < 4.78 is 0. The van der Waals surface area contributed by atoms with Gasteiger partial charge in [0.1, 0.15) is 0 Å². The Labute approximate surface area is 109 Å². The van der Waals surface area contributed by atoms with E-state index in [-0.39, 0.29) is 0 Å². The van der Waals surface area contributed by atoms with Crippen LogP contribution in [0.4, 0.5) is 0 Å². The second-order valence-electron chi connectivity index (χ2n) is 5.27. The van der Waals surface area contributed by atoms with E-state index < -0.39 is 0 Å². The number of benzene rings is 2. The molecule has 92 valence electrons. The highest BCUT2D eigenvalue weighted by atomic mass is 14.3. The highest BCUT2D eigenvalue weighted by molar-refractivity contribution is 5.86. The predicted molar refractivity (Wildman–Crippen MR) is 79.8 cm³/mol. The molecule has 0 heterocycles. The van der Waals surface area contributed by atoms with Crippen molar-refractivity contribution in [3.05, 3.63) is 53.6 Å². The van der Waals surface area contributed by atoms with Crippen LogP contribution >= 0.6 is 0 Å². The van der Waals surface area contributed by atoms with Crippen molar-refractivity contribution in [2.75, 3.05) is 0 Å². The van der Waals surface area contributed by atoms with E-state index in [9.17, 15) is 0 Å². The van der Waals surface area contributed by atoms with Gasteiger partial charge in [0, 0.05) is 0 Å². The molecule has 1 aliphatic carbocycles. The molecule has 0 unspecified atom stereocenters. The molecule has 2 aromatic rings. The van der Waals surface area contributed by atoms with Gasteiger partial charge < -0.3 is 0 Å². The SMILES string of the molecule is CC[C@@H]1c2cc3ccccc3cc2C=C[C@H]1CC. The number of hydrogen-bond donors (Lipinski definition) is 0. The second kappa shape index (κ2) is 4.61. The fraction of sp³-hybridized carbons (Fsp3) is 0.333. The molecule has 0 saturated heterocycles. The third-order valence-corrected chi connectivity index (χ3v) is 4.30. The third-order valence-electron chi connectivity index (χ3n) is 4.30. The summed E-state index contributed by atoms with van der Waals surface area (Å²) in [6.45, 7) is 4.61. The van der Waals surface area contributed by atoms with Gasteiger partial charge in [-0.15, -0.1) is 0 Å². The van der Waals surface area contributed by atoms with Crippen molar-refractivity contribution in [2.24, 2.45) is 5.92 Å². The molecule has 0 saturated carbocycles. The van der Waals surface area contributed by atoms with E-state index in [4.69, 9.17) is 0 Å². The number of fused-ring (bicyclic) bond motifs is 2. The Hall–Kier alpha value is -1.56. The maximum absolute atomic E-state index is 2.41. The molecule has 0 bridgehead atoms. The zero-order valence-electron chi connectivity index (χ0n) is 11.2. The highest BCUT2D eigenvalue weighted by Gasteiger charge is 2.23. The molecule has 0 amide bonds. The lowest BCUT2D eigenvalue weighted by Crippen LogP contribution is -2.14. The van der Waals surface area contributed by atoms with Crippen LogP contribution in [0.5, 0.6) is 0 Å². The molecule has 18 heavy (non-hydrogen) atoms. The van der Waals surface area contributed by atoms with Crippen molar-refractivity contribution in [1.82, 2.24) is 0 Å². The monoisotopic (exact) mass is 236 g/mol. The molecule has 0 N–H and O–H groups in total. The normalized spacial score (nSPS) is 22.1. The molecular weight excluding hydrogens is 216 g/mol. The maximum Gasteiger partial charge on any atom is -0.00955 e. The molecule has 0 radical (unpaired) electrons. The first-order valence-electron chi connectivity index (χ1n) is 7.04. The van der Waals surface area contributed by atoms with E-state index in [2.05, 4.69) is 62.4 Å². The lowest BCUT2D eigenvalue weighted by atomic mass is 9.76. The largest absolute Gasteiger partial charge is 0.0802 e. The maximum atomic E-state index is 2.41. The summed E-state index contributed by atoms with van der Waals surface area (Å²) in [6.07, 6.45) is 7.20. The zero-order valence-corrected chi connectivity index (χ0v) is 11.2. The van der Waals surface area contributed by atoms with Crippen LogP contribution in [0.2, 0.25) is 0 Å². The van der Waals surface area contributed by atoms with E-state index in [0.29, 0.717) is 11.8 Å². The molecule has 3 rings (SSSR count). The van der Waals surface area contributed by atoms with Gasteiger partial charge in [0.05, 0.1) is 0 Å². The van der Waals surface area contributed by atoms with Gasteiger partial charge in [0.25, 0.3) is 0 Å². The summed E-state index contributed by atoms with van der Waals surface area (Å²) in [5.74, 6) is 1.41. The topological polar surface area (TPSA) is 0 Å². The van der Waals surface area contributed by atoms with Gasteiger partial charge in [-0.25, -0.2) is 0 Å². The van der Waals surface area contributed by atoms with Crippen LogP contribution in [0.1, 0.15) is 43.7 Å². The number of rotatable bonds is 2. The average molecular weight is 236 g/mol. The van der Waals surface area contributed by atoms with E-state index in [1.165, 1.54) is 29.2 Å². The van der Waals surface area contributed by atoms with Crippen LogP contribution in [0.15, 0.2) is 42.5 Å². The van der Waals surface area contributed by atoms with E-state index >= 15 is 0 Å². The first kappa shape index (κ1) is 11.5. The minimum atomic E-state index is 0.694. The van der Waals surface area contributed by atoms with Crippen LogP contribution < -0.4 is 0 Å².